The molecular weight excluding hydrogens is 557 g/mol. The van der Waals surface area contributed by atoms with Crippen LogP contribution in [0.15, 0.2) is 55.1 Å². The summed E-state index contributed by atoms with van der Waals surface area (Å²) in [6.07, 6.45) is 10.1. The minimum Gasteiger partial charge on any atom is -0.423 e. The largest absolute Gasteiger partial charge is 0.490 e. The molecule has 0 bridgehead atoms. The average molecular weight is 579 g/mol. The Kier molecular flexibility index (Phi) is 9.57. The summed E-state index contributed by atoms with van der Waals surface area (Å²) in [5, 5.41) is 17.5. The molecule has 2 aliphatic carbocycles. The topological polar surface area (TPSA) is 105 Å². The molecule has 0 aliphatic heterocycles. The second kappa shape index (κ2) is 12.9. The molecule has 2 N–H and O–H groups in total. The van der Waals surface area contributed by atoms with Gasteiger partial charge in [-0.25, -0.2) is 28.7 Å². The van der Waals surface area contributed by atoms with Crippen molar-refractivity contribution in [3.63, 3.8) is 0 Å². The Morgan fingerprint density at radius 1 is 0.763 bits per heavy atom. The third-order valence-electron chi connectivity index (χ3n) is 5.72. The fourth-order valence-corrected chi connectivity index (χ4v) is 3.93. The fraction of sp³-hybridized carbons (Fsp3) is 0.240. The van der Waals surface area contributed by atoms with Crippen molar-refractivity contribution < 1.29 is 18.8 Å². The lowest BCUT2D eigenvalue weighted by molar-refractivity contribution is 0.425. The minimum absolute atomic E-state index is 0.0543. The molecule has 3 aromatic heterocycles. The van der Waals surface area contributed by atoms with Crippen LogP contribution in [0, 0.1) is 11.6 Å². The highest BCUT2D eigenvalue weighted by atomic mass is 35.5. The molecule has 7 nitrogen and oxygen atoms in total. The average Bonchev–Trinajstić information content (AvgIpc) is 3.82. The predicted molar refractivity (Wildman–Crippen MR) is 142 cm³/mol. The maximum absolute atomic E-state index is 13.6. The molecule has 2 aliphatic rings. The highest BCUT2D eigenvalue weighted by Gasteiger charge is 2.25. The first-order chi connectivity index (χ1) is 18.2. The summed E-state index contributed by atoms with van der Waals surface area (Å²) in [6, 6.07) is 9.64. The number of pyridine rings is 1. The summed E-state index contributed by atoms with van der Waals surface area (Å²) >= 11 is 16.1. The first kappa shape index (κ1) is 28.3. The molecule has 1 aromatic carbocycles. The molecule has 6 rings (SSSR count). The van der Waals surface area contributed by atoms with E-state index >= 15 is 0 Å². The Balaban J connectivity index is 0.000000141. The Morgan fingerprint density at radius 3 is 2.00 bits per heavy atom. The van der Waals surface area contributed by atoms with Gasteiger partial charge in [0.15, 0.2) is 16.8 Å². The zero-order valence-corrected chi connectivity index (χ0v) is 22.0. The molecule has 0 radical (unpaired) electrons. The Morgan fingerprint density at radius 2 is 1.39 bits per heavy atom. The van der Waals surface area contributed by atoms with Crippen LogP contribution in [-0.2, 0) is 0 Å². The maximum atomic E-state index is 13.6. The third-order valence-corrected chi connectivity index (χ3v) is 6.35. The Labute approximate surface area is 233 Å². The van der Waals surface area contributed by atoms with E-state index in [2.05, 4.69) is 31.0 Å². The van der Waals surface area contributed by atoms with Crippen LogP contribution in [-0.4, -0.2) is 42.1 Å². The zero-order valence-electron chi connectivity index (χ0n) is 19.8. The lowest BCUT2D eigenvalue weighted by atomic mass is 9.81. The van der Waals surface area contributed by atoms with E-state index in [1.54, 1.807) is 6.20 Å². The van der Waals surface area contributed by atoms with Crippen LogP contribution in [0.25, 0.3) is 11.3 Å². The molecular formula is C25H21BCl3F2N5O2. The van der Waals surface area contributed by atoms with E-state index in [4.69, 9.17) is 44.9 Å². The number of halogens is 5. The highest BCUT2D eigenvalue weighted by molar-refractivity contribution is 6.58. The van der Waals surface area contributed by atoms with Crippen LogP contribution >= 0.6 is 34.8 Å². The molecule has 0 unspecified atom stereocenters. The molecule has 4 aromatic rings. The van der Waals surface area contributed by atoms with Gasteiger partial charge in [0.25, 0.3) is 0 Å². The lowest BCUT2D eigenvalue weighted by Gasteiger charge is -2.05. The van der Waals surface area contributed by atoms with Crippen molar-refractivity contribution in [1.29, 1.82) is 0 Å². The highest BCUT2D eigenvalue weighted by Crippen LogP contribution is 2.41. The summed E-state index contributed by atoms with van der Waals surface area (Å²) in [7, 11) is -1.39. The van der Waals surface area contributed by atoms with E-state index in [0.717, 1.165) is 23.5 Å². The van der Waals surface area contributed by atoms with Crippen LogP contribution < -0.4 is 5.46 Å². The van der Waals surface area contributed by atoms with Crippen molar-refractivity contribution in [1.82, 2.24) is 24.9 Å². The van der Waals surface area contributed by atoms with Crippen LogP contribution in [0.2, 0.25) is 15.7 Å². The van der Waals surface area contributed by atoms with E-state index < -0.39 is 18.8 Å². The van der Waals surface area contributed by atoms with E-state index in [-0.39, 0.29) is 21.4 Å². The first-order valence-corrected chi connectivity index (χ1v) is 12.8. The Bertz CT molecular complexity index is 1390. The van der Waals surface area contributed by atoms with Crippen molar-refractivity contribution >= 4 is 47.4 Å². The van der Waals surface area contributed by atoms with E-state index in [1.165, 1.54) is 37.4 Å². The minimum atomic E-state index is -1.39. The summed E-state index contributed by atoms with van der Waals surface area (Å²) in [6.45, 7) is 0. The third kappa shape index (κ3) is 8.12. The van der Waals surface area contributed by atoms with Crippen molar-refractivity contribution in [2.24, 2.45) is 0 Å². The maximum Gasteiger partial charge on any atom is 0.490 e. The van der Waals surface area contributed by atoms with Gasteiger partial charge in [0, 0.05) is 23.4 Å². The predicted octanol–water partition coefficient (Wildman–Crippen LogP) is 5.37. The summed E-state index contributed by atoms with van der Waals surface area (Å²) < 4.78 is 25.8. The molecule has 0 spiro atoms. The molecule has 2 saturated carbocycles. The first-order valence-electron chi connectivity index (χ1n) is 11.6. The smallest absolute Gasteiger partial charge is 0.423 e. The number of hydrogen-bond acceptors (Lipinski definition) is 7. The van der Waals surface area contributed by atoms with Crippen LogP contribution in [0.1, 0.15) is 48.6 Å². The molecule has 2 fully saturated rings. The van der Waals surface area contributed by atoms with Crippen molar-refractivity contribution in [3.05, 3.63) is 93.6 Å². The van der Waals surface area contributed by atoms with E-state index in [0.29, 0.717) is 17.3 Å². The second-order valence-electron chi connectivity index (χ2n) is 8.71. The number of benzene rings is 1. The standard InChI is InChI=1S/C13H10ClFN2.C8H10BNO2.C4HCl2FN2/c14-13-16-7-11(15)12(17-13)10-3-1-2-9(6-10)8-4-5-8;11-9(12)8-3-7(4-10-5-8)6-1-2-6;5-3-2(7)1-8-4(6)9-3/h1-3,6-8H,4-5H2;3-6,11-12H,1-2H2;1H. The van der Waals surface area contributed by atoms with E-state index in [9.17, 15) is 8.78 Å². The number of rotatable bonds is 4. The normalized spacial score (nSPS) is 14.1. The molecule has 196 valence electrons. The quantitative estimate of drug-likeness (QED) is 0.191. The van der Waals surface area contributed by atoms with Gasteiger partial charge in [-0.2, -0.15) is 0 Å². The van der Waals surface area contributed by atoms with Gasteiger partial charge in [-0.05, 0) is 77.9 Å². The van der Waals surface area contributed by atoms with Gasteiger partial charge >= 0.3 is 7.12 Å². The van der Waals surface area contributed by atoms with Crippen LogP contribution in [0.4, 0.5) is 8.78 Å². The fourth-order valence-electron chi connectivity index (χ4n) is 3.49. The second-order valence-corrected chi connectivity index (χ2v) is 9.75. The van der Waals surface area contributed by atoms with Gasteiger partial charge in [0.05, 0.1) is 12.4 Å². The van der Waals surface area contributed by atoms with Crippen molar-refractivity contribution in [3.8, 4) is 11.3 Å². The SMILES string of the molecule is Fc1cnc(Cl)nc1-c1cccc(C2CC2)c1.Fc1cnc(Cl)nc1Cl.OB(O)c1cncc(C2CC2)c1. The van der Waals surface area contributed by atoms with Gasteiger partial charge in [-0.3, -0.25) is 4.98 Å². The molecule has 13 heteroatoms. The van der Waals surface area contributed by atoms with Crippen molar-refractivity contribution in [2.45, 2.75) is 37.5 Å². The van der Waals surface area contributed by atoms with Crippen LogP contribution in [0.5, 0.6) is 0 Å². The molecule has 38 heavy (non-hydrogen) atoms. The molecule has 3 heterocycles. The molecule has 0 atom stereocenters. The number of nitrogens with zero attached hydrogens (tertiary/aromatic N) is 5. The zero-order chi connectivity index (χ0) is 27.2. The monoisotopic (exact) mass is 577 g/mol. The lowest BCUT2D eigenvalue weighted by Crippen LogP contribution is -2.30. The summed E-state index contributed by atoms with van der Waals surface area (Å²) in [5.41, 5.74) is 3.89. The van der Waals surface area contributed by atoms with Crippen molar-refractivity contribution in [2.75, 3.05) is 0 Å². The van der Waals surface area contributed by atoms with Gasteiger partial charge in [0.2, 0.25) is 10.6 Å². The summed E-state index contributed by atoms with van der Waals surface area (Å²) in [4.78, 5) is 18.2. The van der Waals surface area contributed by atoms with Crippen LogP contribution in [0.3, 0.4) is 0 Å². The number of aromatic nitrogens is 5. The summed E-state index contributed by atoms with van der Waals surface area (Å²) in [5.74, 6) is 0.134. The van der Waals surface area contributed by atoms with Gasteiger partial charge in [0.1, 0.15) is 5.69 Å². The number of hydrogen-bond donors (Lipinski definition) is 2. The Hall–Kier alpha value is -2.76. The van der Waals surface area contributed by atoms with Gasteiger partial charge in [-0.1, -0.05) is 35.9 Å². The van der Waals surface area contributed by atoms with E-state index in [1.807, 2.05) is 24.3 Å². The molecule has 0 amide bonds. The molecule has 0 saturated heterocycles. The van der Waals surface area contributed by atoms with Gasteiger partial charge in [-0.15, -0.1) is 0 Å². The van der Waals surface area contributed by atoms with Gasteiger partial charge < -0.3 is 10.0 Å².